The van der Waals surface area contributed by atoms with Crippen LogP contribution in [0.2, 0.25) is 0 Å². The summed E-state index contributed by atoms with van der Waals surface area (Å²) in [5.74, 6) is -0.267. The molecule has 1 aromatic heterocycles. The summed E-state index contributed by atoms with van der Waals surface area (Å²) in [5.41, 5.74) is 2.89. The van der Waals surface area contributed by atoms with Gasteiger partial charge in [-0.2, -0.15) is 0 Å². The standard InChI is InChI=1S/C19H22BrNO5/c1-12-4-7-16(8-5-12)18-19(20)26-17(21-18)9-6-15(10-24-13(2)22)11-25-14(3)23/h4-5,7-8,15H,6,9-11H2,1-3H3. The number of benzene rings is 1. The van der Waals surface area contributed by atoms with Gasteiger partial charge < -0.3 is 13.9 Å². The highest BCUT2D eigenvalue weighted by molar-refractivity contribution is 9.10. The molecule has 0 atom stereocenters. The first-order chi connectivity index (χ1) is 12.3. The number of rotatable bonds is 8. The van der Waals surface area contributed by atoms with Crippen molar-refractivity contribution >= 4 is 27.9 Å². The van der Waals surface area contributed by atoms with Crippen LogP contribution >= 0.6 is 15.9 Å². The summed E-state index contributed by atoms with van der Waals surface area (Å²) in [6, 6.07) is 8.02. The van der Waals surface area contributed by atoms with Crippen LogP contribution in [0.25, 0.3) is 11.3 Å². The summed E-state index contributed by atoms with van der Waals surface area (Å²) in [6.45, 7) is 5.11. The van der Waals surface area contributed by atoms with E-state index in [9.17, 15) is 9.59 Å². The maximum absolute atomic E-state index is 11.0. The van der Waals surface area contributed by atoms with Crippen molar-refractivity contribution in [1.29, 1.82) is 0 Å². The Hall–Kier alpha value is -2.15. The van der Waals surface area contributed by atoms with Crippen LogP contribution < -0.4 is 0 Å². The third-order valence-corrected chi connectivity index (χ3v) is 4.30. The fourth-order valence-corrected chi connectivity index (χ4v) is 2.86. The fourth-order valence-electron chi connectivity index (χ4n) is 2.35. The summed E-state index contributed by atoms with van der Waals surface area (Å²) in [5, 5.41) is 0. The van der Waals surface area contributed by atoms with Crippen molar-refractivity contribution in [3.63, 3.8) is 0 Å². The second-order valence-corrected chi connectivity index (χ2v) is 6.83. The van der Waals surface area contributed by atoms with Crippen molar-refractivity contribution < 1.29 is 23.5 Å². The van der Waals surface area contributed by atoms with Gasteiger partial charge in [-0.25, -0.2) is 4.98 Å². The van der Waals surface area contributed by atoms with Crippen LogP contribution in [0, 0.1) is 12.8 Å². The van der Waals surface area contributed by atoms with E-state index in [4.69, 9.17) is 13.9 Å². The molecular weight excluding hydrogens is 402 g/mol. The van der Waals surface area contributed by atoms with Gasteiger partial charge in [-0.05, 0) is 29.3 Å². The normalized spacial score (nSPS) is 10.8. The van der Waals surface area contributed by atoms with Crippen LogP contribution in [0.4, 0.5) is 0 Å². The summed E-state index contributed by atoms with van der Waals surface area (Å²) >= 11 is 3.41. The van der Waals surface area contributed by atoms with Crippen LogP contribution in [-0.2, 0) is 25.5 Å². The first-order valence-electron chi connectivity index (χ1n) is 8.34. The molecule has 7 heteroatoms. The molecule has 0 amide bonds. The largest absolute Gasteiger partial charge is 0.465 e. The zero-order valence-electron chi connectivity index (χ0n) is 15.1. The van der Waals surface area contributed by atoms with Crippen LogP contribution in [0.15, 0.2) is 33.4 Å². The lowest BCUT2D eigenvalue weighted by Crippen LogP contribution is -2.20. The van der Waals surface area contributed by atoms with Crippen LogP contribution in [0.3, 0.4) is 0 Å². The number of aromatic nitrogens is 1. The Labute approximate surface area is 161 Å². The molecule has 0 spiro atoms. The first-order valence-corrected chi connectivity index (χ1v) is 9.13. The molecule has 1 heterocycles. The minimum Gasteiger partial charge on any atom is -0.465 e. The zero-order valence-corrected chi connectivity index (χ0v) is 16.7. The topological polar surface area (TPSA) is 78.6 Å². The SMILES string of the molecule is CC(=O)OCC(CCc1nc(-c2ccc(C)cc2)c(Br)o1)COC(C)=O. The lowest BCUT2D eigenvalue weighted by molar-refractivity contribution is -0.146. The molecule has 0 aliphatic carbocycles. The van der Waals surface area contributed by atoms with Gasteiger partial charge in [0.2, 0.25) is 0 Å². The van der Waals surface area contributed by atoms with E-state index >= 15 is 0 Å². The average Bonchev–Trinajstić information content (AvgIpc) is 2.95. The number of carbonyl (C=O) groups excluding carboxylic acids is 2. The van der Waals surface area contributed by atoms with Gasteiger partial charge in [-0.3, -0.25) is 9.59 Å². The summed E-state index contributed by atoms with van der Waals surface area (Å²) in [6.07, 6.45) is 1.15. The van der Waals surface area contributed by atoms with Gasteiger partial charge in [0, 0.05) is 31.7 Å². The van der Waals surface area contributed by atoms with Gasteiger partial charge in [0.05, 0.1) is 13.2 Å². The Kier molecular flexibility index (Phi) is 7.38. The Morgan fingerprint density at radius 2 is 1.69 bits per heavy atom. The number of esters is 2. The molecule has 140 valence electrons. The van der Waals surface area contributed by atoms with Gasteiger partial charge in [-0.1, -0.05) is 29.8 Å². The molecular formula is C19H22BrNO5. The molecule has 2 rings (SSSR count). The van der Waals surface area contributed by atoms with E-state index in [0.717, 1.165) is 11.3 Å². The monoisotopic (exact) mass is 423 g/mol. The van der Waals surface area contributed by atoms with Gasteiger partial charge >= 0.3 is 11.9 Å². The Balaban J connectivity index is 2.01. The smallest absolute Gasteiger partial charge is 0.302 e. The number of halogens is 1. The number of oxazole rings is 1. The van der Waals surface area contributed by atoms with Crippen molar-refractivity contribution in [2.75, 3.05) is 13.2 Å². The molecule has 0 saturated carbocycles. The number of carbonyl (C=O) groups is 2. The third-order valence-electron chi connectivity index (χ3n) is 3.77. The van der Waals surface area contributed by atoms with Crippen molar-refractivity contribution in [2.45, 2.75) is 33.6 Å². The summed E-state index contributed by atoms with van der Waals surface area (Å²) < 4.78 is 16.4. The maximum atomic E-state index is 11.0. The van der Waals surface area contributed by atoms with E-state index in [1.165, 1.54) is 19.4 Å². The quantitative estimate of drug-likeness (QED) is 0.594. The molecule has 0 aliphatic heterocycles. The lowest BCUT2D eigenvalue weighted by Gasteiger charge is -2.15. The highest BCUT2D eigenvalue weighted by Gasteiger charge is 2.17. The predicted molar refractivity (Wildman–Crippen MR) is 99.5 cm³/mol. The van der Waals surface area contributed by atoms with E-state index < -0.39 is 0 Å². The van der Waals surface area contributed by atoms with E-state index in [0.29, 0.717) is 23.4 Å². The Bertz CT molecular complexity index is 736. The lowest BCUT2D eigenvalue weighted by atomic mass is 10.1. The highest BCUT2D eigenvalue weighted by atomic mass is 79.9. The number of hydrogen-bond acceptors (Lipinski definition) is 6. The first kappa shape index (κ1) is 20.2. The summed E-state index contributed by atoms with van der Waals surface area (Å²) in [7, 11) is 0. The van der Waals surface area contributed by atoms with Crippen molar-refractivity contribution in [1.82, 2.24) is 4.98 Å². The van der Waals surface area contributed by atoms with Gasteiger partial charge in [0.1, 0.15) is 5.69 Å². The van der Waals surface area contributed by atoms with Gasteiger partial charge in [-0.15, -0.1) is 0 Å². The van der Waals surface area contributed by atoms with Gasteiger partial charge in [0.25, 0.3) is 0 Å². The third kappa shape index (κ3) is 6.29. The maximum Gasteiger partial charge on any atom is 0.302 e. The second kappa shape index (κ2) is 9.52. The van der Waals surface area contributed by atoms with Crippen molar-refractivity contribution in [3.8, 4) is 11.3 Å². The molecule has 0 fully saturated rings. The van der Waals surface area contributed by atoms with E-state index in [1.54, 1.807) is 0 Å². The molecule has 6 nitrogen and oxygen atoms in total. The van der Waals surface area contributed by atoms with E-state index in [1.807, 2.05) is 31.2 Å². The number of hydrogen-bond donors (Lipinski definition) is 0. The van der Waals surface area contributed by atoms with Crippen LogP contribution in [-0.4, -0.2) is 30.1 Å². The molecule has 0 unspecified atom stereocenters. The van der Waals surface area contributed by atoms with Gasteiger partial charge in [0.15, 0.2) is 10.6 Å². The molecule has 0 aliphatic rings. The molecule has 0 bridgehead atoms. The molecule has 1 aromatic carbocycles. The molecule has 2 aromatic rings. The molecule has 0 radical (unpaired) electrons. The van der Waals surface area contributed by atoms with Crippen LogP contribution in [0.1, 0.15) is 31.7 Å². The number of nitrogens with zero attached hydrogens (tertiary/aromatic N) is 1. The van der Waals surface area contributed by atoms with Crippen molar-refractivity contribution in [3.05, 3.63) is 40.4 Å². The highest BCUT2D eigenvalue weighted by Crippen LogP contribution is 2.29. The van der Waals surface area contributed by atoms with Crippen molar-refractivity contribution in [2.24, 2.45) is 5.92 Å². The second-order valence-electron chi connectivity index (χ2n) is 6.11. The zero-order chi connectivity index (χ0) is 19.1. The van der Waals surface area contributed by atoms with E-state index in [-0.39, 0.29) is 31.1 Å². The average molecular weight is 424 g/mol. The molecule has 0 saturated heterocycles. The number of aryl methyl sites for hydroxylation is 2. The number of ether oxygens (including phenoxy) is 2. The minimum atomic E-state index is -0.363. The molecule has 26 heavy (non-hydrogen) atoms. The predicted octanol–water partition coefficient (Wildman–Crippen LogP) is 4.09. The van der Waals surface area contributed by atoms with Crippen LogP contribution in [0.5, 0.6) is 0 Å². The van der Waals surface area contributed by atoms with E-state index in [2.05, 4.69) is 20.9 Å². The fraction of sp³-hybridized carbons (Fsp3) is 0.421. The molecule has 0 N–H and O–H groups in total. The minimum absolute atomic E-state index is 0.115. The Morgan fingerprint density at radius 3 is 2.23 bits per heavy atom. The summed E-state index contributed by atoms with van der Waals surface area (Å²) in [4.78, 5) is 26.6. The Morgan fingerprint density at radius 1 is 1.12 bits per heavy atom.